The van der Waals surface area contributed by atoms with Crippen molar-refractivity contribution in [3.8, 4) is 5.75 Å². The van der Waals surface area contributed by atoms with E-state index in [1.54, 1.807) is 24.3 Å². The summed E-state index contributed by atoms with van der Waals surface area (Å²) in [6.45, 7) is 4.46. The number of nitrogens with two attached hydrogens (primary N) is 1. The Morgan fingerprint density at radius 3 is 2.72 bits per heavy atom. The molecular formula is C13H18N2O3. The maximum absolute atomic E-state index is 11.8. The van der Waals surface area contributed by atoms with Gasteiger partial charge in [-0.3, -0.25) is 9.59 Å². The van der Waals surface area contributed by atoms with E-state index in [4.69, 9.17) is 10.5 Å². The van der Waals surface area contributed by atoms with E-state index in [1.807, 2.05) is 13.8 Å². The minimum Gasteiger partial charge on any atom is -0.484 e. The third-order valence-corrected chi connectivity index (χ3v) is 2.15. The second-order valence-corrected chi connectivity index (χ2v) is 4.39. The lowest BCUT2D eigenvalue weighted by molar-refractivity contribution is -0.119. The molecule has 0 spiro atoms. The molecule has 1 aromatic carbocycles. The molecule has 0 saturated heterocycles. The summed E-state index contributed by atoms with van der Waals surface area (Å²) in [5.74, 6) is 0.132. The van der Waals surface area contributed by atoms with Crippen LogP contribution in [-0.4, -0.2) is 25.0 Å². The van der Waals surface area contributed by atoms with Gasteiger partial charge in [-0.05, 0) is 24.1 Å². The van der Waals surface area contributed by atoms with Crippen LogP contribution >= 0.6 is 0 Å². The maximum atomic E-state index is 11.8. The Labute approximate surface area is 106 Å². The summed E-state index contributed by atoms with van der Waals surface area (Å²) >= 11 is 0. The molecule has 1 aromatic rings. The summed E-state index contributed by atoms with van der Waals surface area (Å²) < 4.78 is 5.13. The zero-order valence-corrected chi connectivity index (χ0v) is 10.6. The van der Waals surface area contributed by atoms with Crippen LogP contribution in [0.1, 0.15) is 24.2 Å². The quantitative estimate of drug-likeness (QED) is 0.788. The van der Waals surface area contributed by atoms with Crippen molar-refractivity contribution in [2.45, 2.75) is 13.8 Å². The van der Waals surface area contributed by atoms with E-state index in [9.17, 15) is 9.59 Å². The van der Waals surface area contributed by atoms with E-state index in [-0.39, 0.29) is 12.5 Å². The number of carbonyl (C=O) groups is 2. The molecule has 5 heteroatoms. The van der Waals surface area contributed by atoms with Gasteiger partial charge in [0.15, 0.2) is 6.61 Å². The molecular weight excluding hydrogens is 232 g/mol. The van der Waals surface area contributed by atoms with Crippen molar-refractivity contribution in [1.82, 2.24) is 5.32 Å². The maximum Gasteiger partial charge on any atom is 0.255 e. The number of hydrogen-bond acceptors (Lipinski definition) is 3. The second kappa shape index (κ2) is 6.64. The van der Waals surface area contributed by atoms with Gasteiger partial charge in [0.25, 0.3) is 11.8 Å². The third-order valence-electron chi connectivity index (χ3n) is 2.15. The van der Waals surface area contributed by atoms with Gasteiger partial charge in [0.2, 0.25) is 0 Å². The van der Waals surface area contributed by atoms with Crippen LogP contribution in [0, 0.1) is 5.92 Å². The zero-order chi connectivity index (χ0) is 13.5. The lowest BCUT2D eigenvalue weighted by Crippen LogP contribution is -2.27. The molecule has 0 bridgehead atoms. The van der Waals surface area contributed by atoms with Crippen LogP contribution in [0.3, 0.4) is 0 Å². The van der Waals surface area contributed by atoms with Gasteiger partial charge in [-0.2, -0.15) is 0 Å². The van der Waals surface area contributed by atoms with E-state index in [1.165, 1.54) is 0 Å². The van der Waals surface area contributed by atoms with Crippen LogP contribution in [0.25, 0.3) is 0 Å². The number of benzene rings is 1. The van der Waals surface area contributed by atoms with E-state index < -0.39 is 5.91 Å². The Hall–Kier alpha value is -2.04. The fourth-order valence-electron chi connectivity index (χ4n) is 1.28. The van der Waals surface area contributed by atoms with Gasteiger partial charge in [0, 0.05) is 12.1 Å². The number of carbonyl (C=O) groups excluding carboxylic acids is 2. The predicted octanol–water partition coefficient (Wildman–Crippen LogP) is 0.936. The molecule has 1 rings (SSSR count). The van der Waals surface area contributed by atoms with Crippen molar-refractivity contribution in [2.24, 2.45) is 11.7 Å². The number of rotatable bonds is 6. The fraction of sp³-hybridized carbons (Fsp3) is 0.385. The summed E-state index contributed by atoms with van der Waals surface area (Å²) in [5.41, 5.74) is 5.47. The van der Waals surface area contributed by atoms with E-state index in [0.717, 1.165) is 0 Å². The SMILES string of the molecule is CC(C)CNC(=O)c1cccc(OCC(N)=O)c1. The van der Waals surface area contributed by atoms with E-state index >= 15 is 0 Å². The standard InChI is InChI=1S/C13H18N2O3/c1-9(2)7-15-13(17)10-4-3-5-11(6-10)18-8-12(14)16/h3-6,9H,7-8H2,1-2H3,(H2,14,16)(H,15,17). The smallest absolute Gasteiger partial charge is 0.255 e. The number of hydrogen-bond donors (Lipinski definition) is 2. The summed E-state index contributed by atoms with van der Waals surface area (Å²) in [6, 6.07) is 6.63. The molecule has 0 aromatic heterocycles. The lowest BCUT2D eigenvalue weighted by Gasteiger charge is -2.09. The largest absolute Gasteiger partial charge is 0.484 e. The molecule has 3 N–H and O–H groups in total. The average Bonchev–Trinajstić information content (AvgIpc) is 2.33. The van der Waals surface area contributed by atoms with E-state index in [0.29, 0.717) is 23.8 Å². The van der Waals surface area contributed by atoms with Gasteiger partial charge in [0.05, 0.1) is 0 Å². The fourth-order valence-corrected chi connectivity index (χ4v) is 1.28. The van der Waals surface area contributed by atoms with Gasteiger partial charge in [-0.1, -0.05) is 19.9 Å². The van der Waals surface area contributed by atoms with Crippen molar-refractivity contribution in [2.75, 3.05) is 13.2 Å². The minimum atomic E-state index is -0.551. The number of primary amides is 1. The van der Waals surface area contributed by atoms with Gasteiger partial charge < -0.3 is 15.8 Å². The second-order valence-electron chi connectivity index (χ2n) is 4.39. The highest BCUT2D eigenvalue weighted by atomic mass is 16.5. The van der Waals surface area contributed by atoms with E-state index in [2.05, 4.69) is 5.32 Å². The Kier molecular flexibility index (Phi) is 5.17. The van der Waals surface area contributed by atoms with Crippen LogP contribution in [0.5, 0.6) is 5.75 Å². The molecule has 98 valence electrons. The molecule has 0 radical (unpaired) electrons. The van der Waals surface area contributed by atoms with Gasteiger partial charge in [0.1, 0.15) is 5.75 Å². The molecule has 0 fully saturated rings. The Bertz CT molecular complexity index is 430. The summed E-state index contributed by atoms with van der Waals surface area (Å²) in [7, 11) is 0. The first kappa shape index (κ1) is 14.0. The van der Waals surface area contributed by atoms with Crippen molar-refractivity contribution < 1.29 is 14.3 Å². The van der Waals surface area contributed by atoms with Crippen molar-refractivity contribution >= 4 is 11.8 Å². The average molecular weight is 250 g/mol. The van der Waals surface area contributed by atoms with Gasteiger partial charge >= 0.3 is 0 Å². The number of ether oxygens (including phenoxy) is 1. The molecule has 0 atom stereocenters. The lowest BCUT2D eigenvalue weighted by atomic mass is 10.2. The van der Waals surface area contributed by atoms with Gasteiger partial charge in [-0.15, -0.1) is 0 Å². The monoisotopic (exact) mass is 250 g/mol. The number of amides is 2. The highest BCUT2D eigenvalue weighted by Crippen LogP contribution is 2.13. The van der Waals surface area contributed by atoms with Crippen LogP contribution in [-0.2, 0) is 4.79 Å². The first-order valence-corrected chi connectivity index (χ1v) is 5.78. The van der Waals surface area contributed by atoms with Crippen LogP contribution < -0.4 is 15.8 Å². The highest BCUT2D eigenvalue weighted by Gasteiger charge is 2.07. The molecule has 0 aliphatic carbocycles. The third kappa shape index (κ3) is 4.86. The molecule has 0 aliphatic heterocycles. The normalized spacial score (nSPS) is 10.2. The minimum absolute atomic E-state index is 0.159. The summed E-state index contributed by atoms with van der Waals surface area (Å²) in [6.07, 6.45) is 0. The summed E-state index contributed by atoms with van der Waals surface area (Å²) in [4.78, 5) is 22.4. The van der Waals surface area contributed by atoms with Crippen LogP contribution in [0.4, 0.5) is 0 Å². The molecule has 18 heavy (non-hydrogen) atoms. The zero-order valence-electron chi connectivity index (χ0n) is 10.6. The molecule has 2 amide bonds. The van der Waals surface area contributed by atoms with Crippen molar-refractivity contribution in [3.63, 3.8) is 0 Å². The van der Waals surface area contributed by atoms with Gasteiger partial charge in [-0.25, -0.2) is 0 Å². The first-order valence-electron chi connectivity index (χ1n) is 5.78. The Morgan fingerprint density at radius 1 is 1.39 bits per heavy atom. The molecule has 0 unspecified atom stereocenters. The molecule has 5 nitrogen and oxygen atoms in total. The van der Waals surface area contributed by atoms with Crippen molar-refractivity contribution in [3.05, 3.63) is 29.8 Å². The molecule has 0 saturated carbocycles. The predicted molar refractivity (Wildman–Crippen MR) is 68.3 cm³/mol. The Morgan fingerprint density at radius 2 is 2.11 bits per heavy atom. The topological polar surface area (TPSA) is 81.4 Å². The highest BCUT2D eigenvalue weighted by molar-refractivity contribution is 5.94. The van der Waals surface area contributed by atoms with Crippen LogP contribution in [0.2, 0.25) is 0 Å². The van der Waals surface area contributed by atoms with Crippen LogP contribution in [0.15, 0.2) is 24.3 Å². The molecule has 0 aliphatic rings. The summed E-state index contributed by atoms with van der Waals surface area (Å²) in [5, 5.41) is 2.80. The van der Waals surface area contributed by atoms with Crippen molar-refractivity contribution in [1.29, 1.82) is 0 Å². The Balaban J connectivity index is 2.63. The first-order chi connectivity index (χ1) is 8.49. The number of nitrogens with one attached hydrogen (secondary N) is 1. The molecule has 0 heterocycles.